The summed E-state index contributed by atoms with van der Waals surface area (Å²) in [4.78, 5) is 27.9. The number of hydrogen-bond acceptors (Lipinski definition) is 4. The summed E-state index contributed by atoms with van der Waals surface area (Å²) in [7, 11) is 1.66. The number of piperidine rings is 1. The van der Waals surface area contributed by atoms with E-state index in [1.165, 1.54) is 4.90 Å². The van der Waals surface area contributed by atoms with Gasteiger partial charge < -0.3 is 15.5 Å². The Morgan fingerprint density at radius 2 is 1.96 bits per heavy atom. The maximum Gasteiger partial charge on any atom is 0.247 e. The van der Waals surface area contributed by atoms with Gasteiger partial charge in [0.15, 0.2) is 0 Å². The smallest absolute Gasteiger partial charge is 0.247 e. The number of aromatic nitrogens is 2. The number of rotatable bonds is 5. The van der Waals surface area contributed by atoms with Crippen molar-refractivity contribution >= 4 is 36.6 Å². The number of amides is 2. The third kappa shape index (κ3) is 5.65. The molecule has 2 N–H and O–H groups in total. The Morgan fingerprint density at radius 3 is 2.46 bits per heavy atom. The summed E-state index contributed by atoms with van der Waals surface area (Å²) < 4.78 is 1.59. The monoisotopic (exact) mass is 379 g/mol. The van der Waals surface area contributed by atoms with Gasteiger partial charge in [0.2, 0.25) is 11.8 Å². The Balaban J connectivity index is 0.00000264. The number of nitrogens with zero attached hydrogens (tertiary/aromatic N) is 4. The molecule has 1 aromatic heterocycles. The van der Waals surface area contributed by atoms with Gasteiger partial charge >= 0.3 is 0 Å². The summed E-state index contributed by atoms with van der Waals surface area (Å²) in [5, 5.41) is 4.07. The van der Waals surface area contributed by atoms with Gasteiger partial charge in [0.05, 0.1) is 6.54 Å². The van der Waals surface area contributed by atoms with E-state index in [0.717, 1.165) is 25.9 Å². The largest absolute Gasteiger partial charge is 0.341 e. The summed E-state index contributed by atoms with van der Waals surface area (Å²) in [5.41, 5.74) is 5.66. The minimum atomic E-state index is -0.407. The van der Waals surface area contributed by atoms with Crippen LogP contribution in [-0.2, 0) is 9.59 Å². The lowest BCUT2D eigenvalue weighted by Gasteiger charge is -2.32. The van der Waals surface area contributed by atoms with Crippen molar-refractivity contribution in [2.45, 2.75) is 25.8 Å². The van der Waals surface area contributed by atoms with E-state index in [0.29, 0.717) is 12.5 Å². The first-order valence-corrected chi connectivity index (χ1v) is 7.75. The van der Waals surface area contributed by atoms with Crippen LogP contribution in [0.4, 0.5) is 0 Å². The van der Waals surface area contributed by atoms with Crippen LogP contribution in [0.3, 0.4) is 0 Å². The zero-order chi connectivity index (χ0) is 16.1. The van der Waals surface area contributed by atoms with Crippen LogP contribution >= 0.6 is 24.8 Å². The third-order valence-electron chi connectivity index (χ3n) is 4.33. The van der Waals surface area contributed by atoms with Gasteiger partial charge in [-0.3, -0.25) is 14.3 Å². The van der Waals surface area contributed by atoms with Gasteiger partial charge in [0.1, 0.15) is 6.04 Å². The molecular weight excluding hydrogens is 353 g/mol. The third-order valence-corrected chi connectivity index (χ3v) is 4.33. The number of likely N-dealkylation sites (tertiary alicyclic amines) is 1. The van der Waals surface area contributed by atoms with E-state index in [1.807, 2.05) is 4.90 Å². The van der Waals surface area contributed by atoms with E-state index in [1.54, 1.807) is 37.1 Å². The van der Waals surface area contributed by atoms with Gasteiger partial charge in [-0.1, -0.05) is 0 Å². The number of halogens is 2. The molecule has 0 bridgehead atoms. The van der Waals surface area contributed by atoms with Crippen LogP contribution in [0.5, 0.6) is 0 Å². The Bertz CT molecular complexity index is 504. The topological polar surface area (TPSA) is 84.5 Å². The van der Waals surface area contributed by atoms with Crippen molar-refractivity contribution in [1.29, 1.82) is 0 Å². The summed E-state index contributed by atoms with van der Waals surface area (Å²) in [6.07, 6.45) is 5.28. The molecule has 2 heterocycles. The fourth-order valence-corrected chi connectivity index (χ4v) is 2.74. The average molecular weight is 380 g/mol. The van der Waals surface area contributed by atoms with Crippen molar-refractivity contribution in [3.63, 3.8) is 0 Å². The predicted octanol–water partition coefficient (Wildman–Crippen LogP) is 0.943. The first-order chi connectivity index (χ1) is 10.5. The van der Waals surface area contributed by atoms with Gasteiger partial charge in [-0.25, -0.2) is 0 Å². The maximum absolute atomic E-state index is 12.3. The second kappa shape index (κ2) is 10.5. The molecule has 1 fully saturated rings. The summed E-state index contributed by atoms with van der Waals surface area (Å²) >= 11 is 0. The van der Waals surface area contributed by atoms with Gasteiger partial charge in [0, 0.05) is 32.5 Å². The molecule has 1 aliphatic rings. The Kier molecular flexibility index (Phi) is 9.96. The van der Waals surface area contributed by atoms with Crippen LogP contribution < -0.4 is 5.73 Å². The Labute approximate surface area is 155 Å². The SMILES string of the molecule is CC(C(=O)N(C)CC(=O)N1CCC(CN)CC1)n1cccn1.Cl.Cl. The highest BCUT2D eigenvalue weighted by Gasteiger charge is 2.26. The van der Waals surface area contributed by atoms with Crippen LogP contribution in [-0.4, -0.2) is 64.6 Å². The highest BCUT2D eigenvalue weighted by atomic mass is 35.5. The van der Waals surface area contributed by atoms with Crippen molar-refractivity contribution < 1.29 is 9.59 Å². The minimum absolute atomic E-state index is 0. The second-order valence-electron chi connectivity index (χ2n) is 5.92. The van der Waals surface area contributed by atoms with Crippen molar-refractivity contribution in [1.82, 2.24) is 19.6 Å². The number of nitrogens with two attached hydrogens (primary N) is 1. The molecule has 2 rings (SSSR count). The van der Waals surface area contributed by atoms with Crippen LogP contribution in [0.1, 0.15) is 25.8 Å². The standard InChI is InChI=1S/C15H25N5O2.2ClH/c1-12(20-7-3-6-17-20)15(22)18(2)11-14(21)19-8-4-13(10-16)5-9-19;;/h3,6-7,12-13H,4-5,8-11,16H2,1-2H3;2*1H. The highest BCUT2D eigenvalue weighted by molar-refractivity contribution is 5.86. The molecule has 0 aromatic carbocycles. The highest BCUT2D eigenvalue weighted by Crippen LogP contribution is 2.16. The van der Waals surface area contributed by atoms with Gasteiger partial charge in [-0.2, -0.15) is 5.10 Å². The number of carbonyl (C=O) groups is 2. The maximum atomic E-state index is 12.3. The normalized spacial score (nSPS) is 15.9. The molecule has 0 saturated carbocycles. The van der Waals surface area contributed by atoms with Crippen LogP contribution in [0, 0.1) is 5.92 Å². The van der Waals surface area contributed by atoms with E-state index in [-0.39, 0.29) is 43.2 Å². The van der Waals surface area contributed by atoms with Crippen LogP contribution in [0.2, 0.25) is 0 Å². The van der Waals surface area contributed by atoms with E-state index >= 15 is 0 Å². The molecule has 1 saturated heterocycles. The van der Waals surface area contributed by atoms with Crippen molar-refractivity contribution in [2.24, 2.45) is 11.7 Å². The Hall–Kier alpha value is -1.31. The van der Waals surface area contributed by atoms with E-state index in [9.17, 15) is 9.59 Å². The second-order valence-corrected chi connectivity index (χ2v) is 5.92. The zero-order valence-electron chi connectivity index (χ0n) is 14.1. The quantitative estimate of drug-likeness (QED) is 0.824. The lowest BCUT2D eigenvalue weighted by atomic mass is 9.97. The Morgan fingerprint density at radius 1 is 1.33 bits per heavy atom. The molecule has 1 aliphatic heterocycles. The van der Waals surface area contributed by atoms with Gasteiger partial charge in [0.25, 0.3) is 0 Å². The molecule has 0 spiro atoms. The molecule has 0 radical (unpaired) electrons. The molecule has 0 aliphatic carbocycles. The molecule has 2 amide bonds. The van der Waals surface area contributed by atoms with Crippen molar-refractivity contribution in [3.05, 3.63) is 18.5 Å². The molecule has 1 atom stereocenters. The molecule has 1 aromatic rings. The predicted molar refractivity (Wildman–Crippen MR) is 97.4 cm³/mol. The van der Waals surface area contributed by atoms with E-state index in [4.69, 9.17) is 5.73 Å². The molecular formula is C15H27Cl2N5O2. The van der Waals surface area contributed by atoms with E-state index in [2.05, 4.69) is 5.10 Å². The number of hydrogen-bond donors (Lipinski definition) is 1. The fourth-order valence-electron chi connectivity index (χ4n) is 2.74. The van der Waals surface area contributed by atoms with Crippen molar-refractivity contribution in [2.75, 3.05) is 33.2 Å². The van der Waals surface area contributed by atoms with Crippen LogP contribution in [0.15, 0.2) is 18.5 Å². The van der Waals surface area contributed by atoms with Crippen molar-refractivity contribution in [3.8, 4) is 0 Å². The first kappa shape index (κ1) is 22.7. The number of likely N-dealkylation sites (N-methyl/N-ethyl adjacent to an activating group) is 1. The first-order valence-electron chi connectivity index (χ1n) is 7.75. The lowest BCUT2D eigenvalue weighted by molar-refractivity contribution is -0.141. The lowest BCUT2D eigenvalue weighted by Crippen LogP contribution is -2.46. The minimum Gasteiger partial charge on any atom is -0.341 e. The molecule has 9 heteroatoms. The number of carbonyl (C=O) groups excluding carboxylic acids is 2. The summed E-state index contributed by atoms with van der Waals surface area (Å²) in [5.74, 6) is 0.399. The summed E-state index contributed by atoms with van der Waals surface area (Å²) in [6.45, 7) is 4.04. The van der Waals surface area contributed by atoms with Gasteiger partial charge in [-0.15, -0.1) is 24.8 Å². The molecule has 7 nitrogen and oxygen atoms in total. The van der Waals surface area contributed by atoms with Gasteiger partial charge in [-0.05, 0) is 38.3 Å². The van der Waals surface area contributed by atoms with Crippen LogP contribution in [0.25, 0.3) is 0 Å². The average Bonchev–Trinajstić information content (AvgIpc) is 3.07. The molecule has 1 unspecified atom stereocenters. The molecule has 138 valence electrons. The zero-order valence-corrected chi connectivity index (χ0v) is 15.8. The van der Waals surface area contributed by atoms with E-state index < -0.39 is 6.04 Å². The fraction of sp³-hybridized carbons (Fsp3) is 0.667. The molecule has 24 heavy (non-hydrogen) atoms. The summed E-state index contributed by atoms with van der Waals surface area (Å²) in [6, 6.07) is 1.37.